The molecule has 6 nitrogen and oxygen atoms in total. The molecule has 4 rings (SSSR count). The van der Waals surface area contributed by atoms with Crippen molar-refractivity contribution in [3.63, 3.8) is 0 Å². The number of pyridine rings is 1. The quantitative estimate of drug-likeness (QED) is 0.845. The summed E-state index contributed by atoms with van der Waals surface area (Å²) >= 11 is 6.12. The maximum atomic E-state index is 12.8. The van der Waals surface area contributed by atoms with E-state index in [2.05, 4.69) is 15.1 Å². The van der Waals surface area contributed by atoms with Crippen LogP contribution >= 0.6 is 11.6 Å². The van der Waals surface area contributed by atoms with Crippen LogP contribution in [-0.2, 0) is 5.41 Å². The monoisotopic (exact) mass is 332 g/mol. The van der Waals surface area contributed by atoms with Crippen molar-refractivity contribution in [3.8, 4) is 0 Å². The number of likely N-dealkylation sites (tertiary alicyclic amines) is 1. The summed E-state index contributed by atoms with van der Waals surface area (Å²) in [6.45, 7) is 3.09. The van der Waals surface area contributed by atoms with Crippen LogP contribution in [0.1, 0.15) is 41.5 Å². The SMILES string of the molecule is Cc1noc([C@]23CCC[C@H]2CN(C(=O)c2ncccc2Cl)C3)n1. The van der Waals surface area contributed by atoms with Crippen LogP contribution in [0.5, 0.6) is 0 Å². The Bertz CT molecular complexity index is 762. The third-order valence-electron chi connectivity index (χ3n) is 5.07. The van der Waals surface area contributed by atoms with Gasteiger partial charge in [-0.3, -0.25) is 4.79 Å². The third kappa shape index (κ3) is 2.24. The fourth-order valence-corrected chi connectivity index (χ4v) is 4.19. The van der Waals surface area contributed by atoms with E-state index in [1.54, 1.807) is 18.3 Å². The number of amides is 1. The first-order chi connectivity index (χ1) is 11.1. The van der Waals surface area contributed by atoms with Crippen LogP contribution in [0.25, 0.3) is 0 Å². The predicted molar refractivity (Wildman–Crippen MR) is 83.2 cm³/mol. The van der Waals surface area contributed by atoms with Crippen LogP contribution in [0.2, 0.25) is 5.02 Å². The van der Waals surface area contributed by atoms with E-state index in [9.17, 15) is 4.79 Å². The van der Waals surface area contributed by atoms with Crippen LogP contribution in [0.4, 0.5) is 0 Å². The standard InChI is InChI=1S/C16H17ClN4O2/c1-10-19-15(23-20-10)16-6-2-4-11(16)8-21(9-16)14(22)13-12(17)5-3-7-18-13/h3,5,7,11H,2,4,6,8-9H2,1H3/t11-,16-/m0/s1. The van der Waals surface area contributed by atoms with Crippen molar-refractivity contribution in [2.45, 2.75) is 31.6 Å². The number of hydrogen-bond acceptors (Lipinski definition) is 5. The second-order valence-corrected chi connectivity index (χ2v) is 6.82. The molecule has 2 aliphatic rings. The van der Waals surface area contributed by atoms with E-state index < -0.39 is 0 Å². The Balaban J connectivity index is 1.65. The van der Waals surface area contributed by atoms with Gasteiger partial charge in [0.25, 0.3) is 5.91 Å². The Hall–Kier alpha value is -1.95. The fraction of sp³-hybridized carbons (Fsp3) is 0.500. The van der Waals surface area contributed by atoms with Gasteiger partial charge < -0.3 is 9.42 Å². The molecule has 3 heterocycles. The lowest BCUT2D eigenvalue weighted by atomic mass is 9.80. The van der Waals surface area contributed by atoms with E-state index in [0.29, 0.717) is 41.4 Å². The number of hydrogen-bond donors (Lipinski definition) is 0. The summed E-state index contributed by atoms with van der Waals surface area (Å²) in [5.41, 5.74) is 0.101. The molecular weight excluding hydrogens is 316 g/mol. The molecule has 120 valence electrons. The van der Waals surface area contributed by atoms with Crippen molar-refractivity contribution in [3.05, 3.63) is 40.8 Å². The molecule has 2 atom stereocenters. The van der Waals surface area contributed by atoms with E-state index in [4.69, 9.17) is 16.1 Å². The molecule has 1 aliphatic carbocycles. The summed E-state index contributed by atoms with van der Waals surface area (Å²) in [5.74, 6) is 1.53. The Morgan fingerprint density at radius 1 is 1.52 bits per heavy atom. The molecule has 0 spiro atoms. The number of aromatic nitrogens is 3. The molecule has 1 saturated carbocycles. The molecule has 7 heteroatoms. The zero-order chi connectivity index (χ0) is 16.0. The first kappa shape index (κ1) is 14.6. The maximum absolute atomic E-state index is 12.8. The molecule has 23 heavy (non-hydrogen) atoms. The van der Waals surface area contributed by atoms with E-state index in [1.807, 2.05) is 11.8 Å². The van der Waals surface area contributed by atoms with Crippen molar-refractivity contribution < 1.29 is 9.32 Å². The molecule has 0 bridgehead atoms. The van der Waals surface area contributed by atoms with Crippen LogP contribution in [0.3, 0.4) is 0 Å². The first-order valence-corrected chi connectivity index (χ1v) is 8.18. The molecule has 0 radical (unpaired) electrons. The number of halogens is 1. The number of rotatable bonds is 2. The minimum atomic E-state index is -0.210. The van der Waals surface area contributed by atoms with Crippen molar-refractivity contribution in [1.82, 2.24) is 20.0 Å². The van der Waals surface area contributed by atoms with Crippen molar-refractivity contribution in [2.75, 3.05) is 13.1 Å². The molecular formula is C16H17ClN4O2. The van der Waals surface area contributed by atoms with Crippen molar-refractivity contribution >= 4 is 17.5 Å². The lowest BCUT2D eigenvalue weighted by Crippen LogP contribution is -2.35. The largest absolute Gasteiger partial charge is 0.339 e. The van der Waals surface area contributed by atoms with Crippen molar-refractivity contribution in [1.29, 1.82) is 0 Å². The lowest BCUT2D eigenvalue weighted by molar-refractivity contribution is 0.0769. The molecule has 1 aliphatic heterocycles. The summed E-state index contributed by atoms with van der Waals surface area (Å²) in [6.07, 6.45) is 4.76. The average molecular weight is 333 g/mol. The smallest absolute Gasteiger partial charge is 0.274 e. The van der Waals surface area contributed by atoms with Crippen LogP contribution in [-0.4, -0.2) is 39.0 Å². The maximum Gasteiger partial charge on any atom is 0.274 e. The van der Waals surface area contributed by atoms with Gasteiger partial charge in [-0.1, -0.05) is 23.2 Å². The highest BCUT2D eigenvalue weighted by Gasteiger charge is 2.55. The number of nitrogens with zero attached hydrogens (tertiary/aromatic N) is 4. The second kappa shape index (κ2) is 5.30. The van der Waals surface area contributed by atoms with Gasteiger partial charge in [0, 0.05) is 19.3 Å². The van der Waals surface area contributed by atoms with E-state index in [0.717, 1.165) is 19.3 Å². The molecule has 2 aromatic rings. The molecule has 0 unspecified atom stereocenters. The van der Waals surface area contributed by atoms with Gasteiger partial charge >= 0.3 is 0 Å². The summed E-state index contributed by atoms with van der Waals surface area (Å²) in [4.78, 5) is 23.2. The molecule has 1 saturated heterocycles. The number of carbonyl (C=O) groups excluding carboxylic acids is 1. The predicted octanol–water partition coefficient (Wildman–Crippen LogP) is 2.62. The van der Waals surface area contributed by atoms with E-state index >= 15 is 0 Å². The van der Waals surface area contributed by atoms with Gasteiger partial charge in [-0.15, -0.1) is 0 Å². The van der Waals surface area contributed by atoms with Gasteiger partial charge in [-0.05, 0) is 37.8 Å². The Labute approximate surface area is 138 Å². The van der Waals surface area contributed by atoms with Gasteiger partial charge in [-0.2, -0.15) is 4.98 Å². The number of aryl methyl sites for hydroxylation is 1. The van der Waals surface area contributed by atoms with Crippen LogP contribution in [0, 0.1) is 12.8 Å². The minimum Gasteiger partial charge on any atom is -0.339 e. The molecule has 0 aromatic carbocycles. The first-order valence-electron chi connectivity index (χ1n) is 7.81. The fourth-order valence-electron chi connectivity index (χ4n) is 3.99. The van der Waals surface area contributed by atoms with E-state index in [-0.39, 0.29) is 11.3 Å². The van der Waals surface area contributed by atoms with Crippen LogP contribution in [0.15, 0.2) is 22.9 Å². The van der Waals surface area contributed by atoms with Crippen molar-refractivity contribution in [2.24, 2.45) is 5.92 Å². The Morgan fingerprint density at radius 3 is 3.13 bits per heavy atom. The van der Waals surface area contributed by atoms with Crippen LogP contribution < -0.4 is 0 Å². The molecule has 1 amide bonds. The average Bonchev–Trinajstić information content (AvgIpc) is 3.20. The Morgan fingerprint density at radius 2 is 2.39 bits per heavy atom. The summed E-state index contributed by atoms with van der Waals surface area (Å²) < 4.78 is 5.47. The highest BCUT2D eigenvalue weighted by molar-refractivity contribution is 6.33. The number of fused-ring (bicyclic) bond motifs is 1. The summed E-state index contributed by atoms with van der Waals surface area (Å²) in [6, 6.07) is 3.41. The second-order valence-electron chi connectivity index (χ2n) is 6.41. The van der Waals surface area contributed by atoms with Gasteiger partial charge in [0.05, 0.1) is 10.4 Å². The zero-order valence-corrected chi connectivity index (χ0v) is 13.6. The zero-order valence-electron chi connectivity index (χ0n) is 12.8. The summed E-state index contributed by atoms with van der Waals surface area (Å²) in [5, 5.41) is 4.32. The Kier molecular flexibility index (Phi) is 3.37. The van der Waals surface area contributed by atoms with Gasteiger partial charge in [0.1, 0.15) is 5.69 Å². The lowest BCUT2D eigenvalue weighted by Gasteiger charge is -2.24. The topological polar surface area (TPSA) is 72.1 Å². The molecule has 2 aromatic heterocycles. The summed E-state index contributed by atoms with van der Waals surface area (Å²) in [7, 11) is 0. The highest BCUT2D eigenvalue weighted by Crippen LogP contribution is 2.50. The normalized spacial score (nSPS) is 26.5. The molecule has 2 fully saturated rings. The van der Waals surface area contributed by atoms with Gasteiger partial charge in [0.2, 0.25) is 5.89 Å². The minimum absolute atomic E-state index is 0.124. The van der Waals surface area contributed by atoms with Gasteiger partial charge in [-0.25, -0.2) is 4.98 Å². The number of carbonyl (C=O) groups is 1. The molecule has 0 N–H and O–H groups in total. The van der Waals surface area contributed by atoms with Gasteiger partial charge in [0.15, 0.2) is 5.82 Å². The third-order valence-corrected chi connectivity index (χ3v) is 5.38. The van der Waals surface area contributed by atoms with E-state index in [1.165, 1.54) is 0 Å². The highest BCUT2D eigenvalue weighted by atomic mass is 35.5.